The number of anilines is 2. The van der Waals surface area contributed by atoms with Crippen LogP contribution >= 0.6 is 0 Å². The minimum absolute atomic E-state index is 0.0256. The molecule has 0 aliphatic carbocycles. The van der Waals surface area contributed by atoms with E-state index in [9.17, 15) is 4.79 Å². The molecule has 4 nitrogen and oxygen atoms in total. The lowest BCUT2D eigenvalue weighted by Crippen LogP contribution is -2.43. The highest BCUT2D eigenvalue weighted by atomic mass is 16.5. The lowest BCUT2D eigenvalue weighted by atomic mass is 9.91. The predicted octanol–water partition coefficient (Wildman–Crippen LogP) is 3.95. The highest BCUT2D eigenvalue weighted by molar-refractivity contribution is 5.82. The summed E-state index contributed by atoms with van der Waals surface area (Å²) < 4.78 is 5.54. The molecular weight excluding hydrogens is 312 g/mol. The second kappa shape index (κ2) is 6.89. The number of carbonyl (C=O) groups is 1. The van der Waals surface area contributed by atoms with E-state index >= 15 is 0 Å². The molecule has 130 valence electrons. The van der Waals surface area contributed by atoms with Crippen molar-refractivity contribution in [3.05, 3.63) is 60.2 Å². The fraction of sp³-hybridized carbons (Fsp3) is 0.381. The fourth-order valence-electron chi connectivity index (χ4n) is 3.98. The van der Waals surface area contributed by atoms with E-state index < -0.39 is 0 Å². The lowest BCUT2D eigenvalue weighted by molar-refractivity contribution is -0.130. The van der Waals surface area contributed by atoms with Gasteiger partial charge in [-0.2, -0.15) is 0 Å². The zero-order chi connectivity index (χ0) is 17.2. The molecule has 2 aromatic rings. The molecule has 25 heavy (non-hydrogen) atoms. The Balaban J connectivity index is 1.63. The van der Waals surface area contributed by atoms with Crippen molar-refractivity contribution in [3.63, 3.8) is 0 Å². The molecule has 2 heterocycles. The summed E-state index contributed by atoms with van der Waals surface area (Å²) in [5, 5.41) is 3.23. The maximum Gasteiger partial charge on any atom is 0.249 e. The van der Waals surface area contributed by atoms with Crippen LogP contribution in [-0.4, -0.2) is 24.7 Å². The summed E-state index contributed by atoms with van der Waals surface area (Å²) in [6.07, 6.45) is 2.39. The van der Waals surface area contributed by atoms with Crippen molar-refractivity contribution in [1.29, 1.82) is 0 Å². The fourth-order valence-corrected chi connectivity index (χ4v) is 3.98. The van der Waals surface area contributed by atoms with Gasteiger partial charge in [0.1, 0.15) is 6.10 Å². The van der Waals surface area contributed by atoms with E-state index in [4.69, 9.17) is 4.74 Å². The second-order valence-corrected chi connectivity index (χ2v) is 6.91. The van der Waals surface area contributed by atoms with Crippen LogP contribution in [0.2, 0.25) is 0 Å². The molecule has 0 spiro atoms. The van der Waals surface area contributed by atoms with Crippen molar-refractivity contribution < 1.29 is 9.53 Å². The first-order valence-electron chi connectivity index (χ1n) is 9.09. The van der Waals surface area contributed by atoms with Gasteiger partial charge in [-0.3, -0.25) is 4.79 Å². The van der Waals surface area contributed by atoms with Crippen molar-refractivity contribution in [3.8, 4) is 0 Å². The van der Waals surface area contributed by atoms with Crippen LogP contribution in [0.15, 0.2) is 54.6 Å². The number of benzene rings is 2. The molecular formula is C21H24N2O2. The maximum absolute atomic E-state index is 12.5. The number of ether oxygens (including phenoxy) is 1. The summed E-state index contributed by atoms with van der Waals surface area (Å²) in [6.45, 7) is 2.91. The van der Waals surface area contributed by atoms with Crippen molar-refractivity contribution in [1.82, 2.24) is 5.32 Å². The van der Waals surface area contributed by atoms with Crippen LogP contribution in [-0.2, 0) is 9.53 Å². The Labute approximate surface area is 148 Å². The lowest BCUT2D eigenvalue weighted by Gasteiger charge is -2.41. The number of hydrogen-bond donors (Lipinski definition) is 1. The average molecular weight is 336 g/mol. The van der Waals surface area contributed by atoms with E-state index in [0.717, 1.165) is 19.3 Å². The largest absolute Gasteiger partial charge is 0.368 e. The van der Waals surface area contributed by atoms with Crippen LogP contribution < -0.4 is 10.2 Å². The Morgan fingerprint density at radius 3 is 2.64 bits per heavy atom. The predicted molar refractivity (Wildman–Crippen MR) is 99.0 cm³/mol. The molecule has 3 atom stereocenters. The van der Waals surface area contributed by atoms with Gasteiger partial charge >= 0.3 is 0 Å². The smallest absolute Gasteiger partial charge is 0.249 e. The zero-order valence-electron chi connectivity index (χ0n) is 14.5. The van der Waals surface area contributed by atoms with Gasteiger partial charge in [0.05, 0.1) is 6.04 Å². The molecule has 1 N–H and O–H groups in total. The van der Waals surface area contributed by atoms with E-state index in [1.165, 1.54) is 16.9 Å². The Morgan fingerprint density at radius 1 is 1.12 bits per heavy atom. The molecule has 2 aliphatic heterocycles. The molecule has 3 unspecified atom stereocenters. The molecule has 2 aliphatic rings. The number of amides is 1. The average Bonchev–Trinajstić information content (AvgIpc) is 3.17. The number of fused-ring (bicyclic) bond motifs is 1. The monoisotopic (exact) mass is 336 g/mol. The molecule has 0 radical (unpaired) electrons. The van der Waals surface area contributed by atoms with Gasteiger partial charge in [0.2, 0.25) is 5.91 Å². The number of hydrogen-bond acceptors (Lipinski definition) is 3. The Bertz CT molecular complexity index is 741. The third-order valence-electron chi connectivity index (χ3n) is 5.16. The quantitative estimate of drug-likeness (QED) is 0.923. The van der Waals surface area contributed by atoms with Gasteiger partial charge in [-0.05, 0) is 49.9 Å². The SMILES string of the molecule is CC1CC(NC(=O)C2CCCO2)c2ccccc2N1c1ccccc1. The van der Waals surface area contributed by atoms with Crippen LogP contribution in [0.1, 0.15) is 37.8 Å². The van der Waals surface area contributed by atoms with Gasteiger partial charge < -0.3 is 15.0 Å². The third kappa shape index (κ3) is 3.14. The van der Waals surface area contributed by atoms with Gasteiger partial charge in [0.25, 0.3) is 0 Å². The summed E-state index contributed by atoms with van der Waals surface area (Å²) >= 11 is 0. The van der Waals surface area contributed by atoms with Crippen LogP contribution in [0.4, 0.5) is 11.4 Å². The minimum atomic E-state index is -0.283. The van der Waals surface area contributed by atoms with E-state index in [1.807, 2.05) is 12.1 Å². The summed E-state index contributed by atoms with van der Waals surface area (Å²) in [5.74, 6) is 0.0256. The summed E-state index contributed by atoms with van der Waals surface area (Å²) in [4.78, 5) is 14.9. The highest BCUT2D eigenvalue weighted by Gasteiger charge is 2.33. The number of carbonyl (C=O) groups excluding carboxylic acids is 1. The van der Waals surface area contributed by atoms with E-state index in [-0.39, 0.29) is 18.1 Å². The Kier molecular flexibility index (Phi) is 4.45. The number of para-hydroxylation sites is 2. The van der Waals surface area contributed by atoms with Crippen molar-refractivity contribution in [2.75, 3.05) is 11.5 Å². The van der Waals surface area contributed by atoms with E-state index in [1.54, 1.807) is 0 Å². The summed E-state index contributed by atoms with van der Waals surface area (Å²) in [7, 11) is 0. The molecule has 2 aromatic carbocycles. The van der Waals surface area contributed by atoms with Gasteiger partial charge in [-0.25, -0.2) is 0 Å². The second-order valence-electron chi connectivity index (χ2n) is 6.91. The van der Waals surface area contributed by atoms with Gasteiger partial charge in [-0.1, -0.05) is 36.4 Å². The summed E-state index contributed by atoms with van der Waals surface area (Å²) in [6, 6.07) is 19.1. The molecule has 1 fully saturated rings. The normalized spacial score (nSPS) is 25.5. The highest BCUT2D eigenvalue weighted by Crippen LogP contribution is 2.41. The molecule has 0 aromatic heterocycles. The molecule has 4 rings (SSSR count). The van der Waals surface area contributed by atoms with Crippen molar-refractivity contribution in [2.24, 2.45) is 0 Å². The molecule has 0 bridgehead atoms. The van der Waals surface area contributed by atoms with Crippen LogP contribution in [0.5, 0.6) is 0 Å². The third-order valence-corrected chi connectivity index (χ3v) is 5.16. The first-order valence-corrected chi connectivity index (χ1v) is 9.09. The summed E-state index contributed by atoms with van der Waals surface area (Å²) in [5.41, 5.74) is 3.53. The standard InChI is InChI=1S/C21H24N2O2/c1-15-14-18(22-21(24)20-12-7-13-25-20)17-10-5-6-11-19(17)23(15)16-8-3-2-4-9-16/h2-6,8-11,15,18,20H,7,12-14H2,1H3,(H,22,24). The maximum atomic E-state index is 12.5. The first-order chi connectivity index (χ1) is 12.2. The van der Waals surface area contributed by atoms with Gasteiger partial charge in [0, 0.05) is 24.0 Å². The zero-order valence-corrected chi connectivity index (χ0v) is 14.5. The molecule has 1 amide bonds. The minimum Gasteiger partial charge on any atom is -0.368 e. The topological polar surface area (TPSA) is 41.6 Å². The van der Waals surface area contributed by atoms with Crippen molar-refractivity contribution >= 4 is 17.3 Å². The number of nitrogens with one attached hydrogen (secondary N) is 1. The van der Waals surface area contributed by atoms with Crippen LogP contribution in [0.3, 0.4) is 0 Å². The van der Waals surface area contributed by atoms with Crippen molar-refractivity contribution in [2.45, 2.75) is 44.4 Å². The molecule has 1 saturated heterocycles. The van der Waals surface area contributed by atoms with Gasteiger partial charge in [-0.15, -0.1) is 0 Å². The Morgan fingerprint density at radius 2 is 1.88 bits per heavy atom. The van der Waals surface area contributed by atoms with E-state index in [0.29, 0.717) is 12.6 Å². The van der Waals surface area contributed by atoms with Crippen LogP contribution in [0.25, 0.3) is 0 Å². The number of nitrogens with zero attached hydrogens (tertiary/aromatic N) is 1. The first kappa shape index (κ1) is 16.2. The van der Waals surface area contributed by atoms with Crippen LogP contribution in [0, 0.1) is 0 Å². The van der Waals surface area contributed by atoms with E-state index in [2.05, 4.69) is 59.6 Å². The molecule has 0 saturated carbocycles. The van der Waals surface area contributed by atoms with Gasteiger partial charge in [0.15, 0.2) is 0 Å². The number of rotatable bonds is 3. The Hall–Kier alpha value is -2.33. The molecule has 4 heteroatoms.